The number of benzene rings is 2. The van der Waals surface area contributed by atoms with E-state index in [9.17, 15) is 0 Å². The van der Waals surface area contributed by atoms with Crippen molar-refractivity contribution in [2.75, 3.05) is 32.1 Å². The third kappa shape index (κ3) is 4.31. The van der Waals surface area contributed by atoms with Crippen LogP contribution in [0.4, 0.5) is 5.82 Å². The van der Waals surface area contributed by atoms with Crippen molar-refractivity contribution >= 4 is 39.0 Å². The predicted octanol–water partition coefficient (Wildman–Crippen LogP) is 6.27. The summed E-state index contributed by atoms with van der Waals surface area (Å²) < 4.78 is 5.48. The van der Waals surface area contributed by atoms with E-state index in [1.54, 1.807) is 24.8 Å². The van der Waals surface area contributed by atoms with Gasteiger partial charge in [0.25, 0.3) is 0 Å². The summed E-state index contributed by atoms with van der Waals surface area (Å²) in [5, 5.41) is 7.59. The maximum Gasteiger partial charge on any atom is 0.138 e. The maximum absolute atomic E-state index is 6.10. The van der Waals surface area contributed by atoms with Gasteiger partial charge in [0.15, 0.2) is 0 Å². The summed E-state index contributed by atoms with van der Waals surface area (Å²) in [6.45, 7) is 2.98. The van der Waals surface area contributed by atoms with E-state index >= 15 is 0 Å². The number of methoxy groups -OCH3 is 1. The number of anilines is 1. The van der Waals surface area contributed by atoms with E-state index < -0.39 is 0 Å². The van der Waals surface area contributed by atoms with Crippen molar-refractivity contribution in [3.63, 3.8) is 0 Å². The second kappa shape index (κ2) is 9.45. The van der Waals surface area contributed by atoms with Crippen LogP contribution in [-0.4, -0.2) is 41.6 Å². The number of fused-ring (bicyclic) bond motifs is 1. The number of likely N-dealkylation sites (tertiary alicyclic amines) is 1. The van der Waals surface area contributed by atoms with Gasteiger partial charge in [-0.25, -0.2) is 9.97 Å². The van der Waals surface area contributed by atoms with Gasteiger partial charge in [-0.1, -0.05) is 35.9 Å². The molecule has 1 aliphatic rings. The number of aromatic nitrogens is 2. The molecule has 0 spiro atoms. The van der Waals surface area contributed by atoms with Gasteiger partial charge in [-0.3, -0.25) is 4.90 Å². The minimum Gasteiger partial charge on any atom is -0.497 e. The fourth-order valence-corrected chi connectivity index (χ4v) is 5.45. The number of hydrogen-bond acceptors (Lipinski definition) is 6. The molecular weight excluding hydrogens is 440 g/mol. The van der Waals surface area contributed by atoms with Gasteiger partial charge in [0, 0.05) is 22.5 Å². The highest BCUT2D eigenvalue weighted by atomic mass is 35.5. The quantitative estimate of drug-likeness (QED) is 0.349. The van der Waals surface area contributed by atoms with Gasteiger partial charge in [0.05, 0.1) is 18.5 Å². The van der Waals surface area contributed by atoms with Crippen LogP contribution in [-0.2, 0) is 0 Å². The van der Waals surface area contributed by atoms with Crippen molar-refractivity contribution < 1.29 is 4.74 Å². The Kier molecular flexibility index (Phi) is 6.26. The molecule has 0 amide bonds. The number of nitrogens with one attached hydrogen (secondary N) is 1. The number of ether oxygens (including phenoxy) is 1. The Labute approximate surface area is 197 Å². The minimum absolute atomic E-state index is 0.246. The van der Waals surface area contributed by atoms with Crippen molar-refractivity contribution in [3.05, 3.63) is 70.8 Å². The fourth-order valence-electron chi connectivity index (χ4n) is 4.40. The van der Waals surface area contributed by atoms with E-state index in [2.05, 4.69) is 43.8 Å². The van der Waals surface area contributed by atoms with Crippen LogP contribution in [0.5, 0.6) is 5.75 Å². The van der Waals surface area contributed by atoms with E-state index in [0.29, 0.717) is 0 Å². The van der Waals surface area contributed by atoms with Crippen molar-refractivity contribution in [1.29, 1.82) is 0 Å². The SMILES string of the molecule is COc1cccc([C@@H](CNc2ncnc3scc(-c4ccc(Cl)cc4)c23)N2CCCC2)c1. The Morgan fingerprint density at radius 3 is 2.72 bits per heavy atom. The first-order valence-electron chi connectivity index (χ1n) is 10.8. The van der Waals surface area contributed by atoms with Crippen LogP contribution >= 0.6 is 22.9 Å². The zero-order valence-corrected chi connectivity index (χ0v) is 19.5. The zero-order valence-electron chi connectivity index (χ0n) is 17.9. The van der Waals surface area contributed by atoms with Gasteiger partial charge in [-0.2, -0.15) is 0 Å². The molecule has 1 saturated heterocycles. The van der Waals surface area contributed by atoms with Crippen LogP contribution < -0.4 is 10.1 Å². The molecule has 7 heteroatoms. The first kappa shape index (κ1) is 21.2. The maximum atomic E-state index is 6.10. The molecule has 5 rings (SSSR count). The Hall–Kier alpha value is -2.67. The topological polar surface area (TPSA) is 50.3 Å². The van der Waals surface area contributed by atoms with Crippen LogP contribution in [0.25, 0.3) is 21.3 Å². The number of rotatable bonds is 7. The second-order valence-electron chi connectivity index (χ2n) is 7.98. The van der Waals surface area contributed by atoms with E-state index in [-0.39, 0.29) is 6.04 Å². The number of hydrogen-bond donors (Lipinski definition) is 1. The molecule has 5 nitrogen and oxygen atoms in total. The standard InChI is InChI=1S/C25H25ClN4OS/c1-31-20-6-4-5-18(13-20)22(30-11-2-3-12-30)14-27-24-23-21(15-32-25(23)29-16-28-24)17-7-9-19(26)10-8-17/h4-10,13,15-16,22H,2-3,11-12,14H2,1H3,(H,27,28,29)/t22-/m1/s1. The third-order valence-corrected chi connectivity index (χ3v) is 7.19. The first-order valence-corrected chi connectivity index (χ1v) is 12.1. The van der Waals surface area contributed by atoms with Crippen molar-refractivity contribution in [1.82, 2.24) is 14.9 Å². The largest absolute Gasteiger partial charge is 0.497 e. The predicted molar refractivity (Wildman–Crippen MR) is 133 cm³/mol. The molecule has 1 atom stereocenters. The highest BCUT2D eigenvalue weighted by Crippen LogP contribution is 2.37. The number of halogens is 1. The molecule has 0 unspecified atom stereocenters. The molecule has 0 saturated carbocycles. The summed E-state index contributed by atoms with van der Waals surface area (Å²) in [7, 11) is 1.72. The molecule has 1 N–H and O–H groups in total. The Bertz CT molecular complexity index is 1200. The van der Waals surface area contributed by atoms with Crippen LogP contribution in [0.1, 0.15) is 24.4 Å². The van der Waals surface area contributed by atoms with Gasteiger partial charge in [0.2, 0.25) is 0 Å². The summed E-state index contributed by atoms with van der Waals surface area (Å²) in [5.41, 5.74) is 3.50. The van der Waals surface area contributed by atoms with Crippen LogP contribution in [0.3, 0.4) is 0 Å². The van der Waals surface area contributed by atoms with Crippen LogP contribution in [0, 0.1) is 0 Å². The zero-order chi connectivity index (χ0) is 21.9. The van der Waals surface area contributed by atoms with Gasteiger partial charge in [-0.05, 0) is 61.3 Å². The van der Waals surface area contributed by atoms with Crippen molar-refractivity contribution in [2.45, 2.75) is 18.9 Å². The molecule has 1 aliphatic heterocycles. The Balaban J connectivity index is 1.47. The van der Waals surface area contributed by atoms with E-state index in [0.717, 1.165) is 57.6 Å². The lowest BCUT2D eigenvalue weighted by Gasteiger charge is -2.28. The van der Waals surface area contributed by atoms with Crippen molar-refractivity contribution in [2.24, 2.45) is 0 Å². The van der Waals surface area contributed by atoms with Gasteiger partial charge in [0.1, 0.15) is 22.7 Å². The molecular formula is C25H25ClN4OS. The number of thiophene rings is 1. The van der Waals surface area contributed by atoms with Crippen LogP contribution in [0.2, 0.25) is 5.02 Å². The molecule has 164 valence electrons. The van der Waals surface area contributed by atoms with E-state index in [4.69, 9.17) is 16.3 Å². The van der Waals surface area contributed by atoms with E-state index in [1.807, 2.05) is 30.3 Å². The first-order chi connectivity index (χ1) is 15.7. The lowest BCUT2D eigenvalue weighted by atomic mass is 10.0. The fraction of sp³-hybridized carbons (Fsp3) is 0.280. The summed E-state index contributed by atoms with van der Waals surface area (Å²) >= 11 is 7.74. The Morgan fingerprint density at radius 2 is 1.94 bits per heavy atom. The average Bonchev–Trinajstić information content (AvgIpc) is 3.51. The molecule has 0 radical (unpaired) electrons. The molecule has 32 heavy (non-hydrogen) atoms. The Morgan fingerprint density at radius 1 is 1.12 bits per heavy atom. The molecule has 0 bridgehead atoms. The van der Waals surface area contributed by atoms with Gasteiger partial charge in [-0.15, -0.1) is 11.3 Å². The average molecular weight is 465 g/mol. The second-order valence-corrected chi connectivity index (χ2v) is 9.27. The van der Waals surface area contributed by atoms with Gasteiger partial charge >= 0.3 is 0 Å². The monoisotopic (exact) mass is 464 g/mol. The molecule has 2 aromatic carbocycles. The summed E-state index contributed by atoms with van der Waals surface area (Å²) in [6.07, 6.45) is 4.12. The smallest absolute Gasteiger partial charge is 0.138 e. The lowest BCUT2D eigenvalue weighted by Crippen LogP contribution is -2.31. The molecule has 1 fully saturated rings. The lowest BCUT2D eigenvalue weighted by molar-refractivity contribution is 0.255. The summed E-state index contributed by atoms with van der Waals surface area (Å²) in [5.74, 6) is 1.76. The van der Waals surface area contributed by atoms with Crippen LogP contribution in [0.15, 0.2) is 60.2 Å². The van der Waals surface area contributed by atoms with Crippen molar-refractivity contribution in [3.8, 4) is 16.9 Å². The highest BCUT2D eigenvalue weighted by Gasteiger charge is 2.24. The minimum atomic E-state index is 0.246. The third-order valence-electron chi connectivity index (χ3n) is 6.05. The molecule has 4 aromatic rings. The highest BCUT2D eigenvalue weighted by molar-refractivity contribution is 7.17. The van der Waals surface area contributed by atoms with Gasteiger partial charge < -0.3 is 10.1 Å². The number of nitrogens with zero attached hydrogens (tertiary/aromatic N) is 3. The molecule has 0 aliphatic carbocycles. The van der Waals surface area contributed by atoms with E-state index in [1.165, 1.54) is 18.4 Å². The molecule has 2 aromatic heterocycles. The summed E-state index contributed by atoms with van der Waals surface area (Å²) in [4.78, 5) is 12.7. The summed E-state index contributed by atoms with van der Waals surface area (Å²) in [6, 6.07) is 16.6. The molecule has 3 heterocycles. The normalized spacial score (nSPS) is 15.2.